The van der Waals surface area contributed by atoms with Gasteiger partial charge >= 0.3 is 5.97 Å². The van der Waals surface area contributed by atoms with E-state index in [0.29, 0.717) is 5.02 Å². The molecule has 0 unspecified atom stereocenters. The number of carboxylic acid groups (broad SMARTS) is 1. The number of halogens is 1. The second-order valence-electron chi connectivity index (χ2n) is 6.23. The number of benzene rings is 2. The van der Waals surface area contributed by atoms with Gasteiger partial charge < -0.3 is 14.7 Å². The molecule has 150 valence electrons. The summed E-state index contributed by atoms with van der Waals surface area (Å²) in [6.45, 7) is 2.31. The second-order valence-corrected chi connectivity index (χ2v) is 8.90. The average molecular weight is 447 g/mol. The molecule has 1 aromatic heterocycles. The van der Waals surface area contributed by atoms with Crippen molar-refractivity contribution in [2.45, 2.75) is 17.7 Å². The summed E-state index contributed by atoms with van der Waals surface area (Å²) < 4.78 is 2.97. The van der Waals surface area contributed by atoms with Crippen LogP contribution in [0, 0.1) is 6.92 Å². The van der Waals surface area contributed by atoms with Crippen molar-refractivity contribution in [1.82, 2.24) is 5.32 Å². The molecule has 0 saturated carbocycles. The fourth-order valence-electron chi connectivity index (χ4n) is 2.66. The minimum Gasteiger partial charge on any atom is -0.478 e. The molecule has 1 amide bonds. The number of aromatic carboxylic acids is 1. The number of amides is 1. The van der Waals surface area contributed by atoms with E-state index in [1.54, 1.807) is 29.5 Å². The lowest BCUT2D eigenvalue weighted by molar-refractivity contribution is -0.119. The number of nitrogens with zero attached hydrogens (tertiary/aromatic N) is 1. The van der Waals surface area contributed by atoms with Crippen molar-refractivity contribution >= 4 is 52.4 Å². The largest absolute Gasteiger partial charge is 0.478 e. The molecule has 0 aliphatic heterocycles. The van der Waals surface area contributed by atoms with E-state index in [1.807, 2.05) is 46.9 Å². The first-order valence-electron chi connectivity index (χ1n) is 8.77. The van der Waals surface area contributed by atoms with Gasteiger partial charge in [0.05, 0.1) is 15.5 Å². The summed E-state index contributed by atoms with van der Waals surface area (Å²) in [5, 5.41) is 14.6. The third-order valence-electron chi connectivity index (χ3n) is 4.15. The number of thiophene rings is 1. The lowest BCUT2D eigenvalue weighted by Crippen LogP contribution is -2.33. The maximum atomic E-state index is 12.6. The number of hydrogen-bond acceptors (Lipinski definition) is 5. The predicted molar refractivity (Wildman–Crippen MR) is 119 cm³/mol. The molecule has 5 nitrogen and oxygen atoms in total. The van der Waals surface area contributed by atoms with Gasteiger partial charge in [0, 0.05) is 11.6 Å². The lowest BCUT2D eigenvalue weighted by atomic mass is 10.1. The van der Waals surface area contributed by atoms with E-state index in [4.69, 9.17) is 16.7 Å². The van der Waals surface area contributed by atoms with Crippen LogP contribution in [0.2, 0.25) is 5.02 Å². The van der Waals surface area contributed by atoms with Crippen LogP contribution in [0.5, 0.6) is 0 Å². The van der Waals surface area contributed by atoms with E-state index >= 15 is 0 Å². The molecular formula is C21H19ClN2O3S2. The first kappa shape index (κ1) is 21.2. The summed E-state index contributed by atoms with van der Waals surface area (Å²) in [7, 11) is 0. The number of carboxylic acids is 1. The van der Waals surface area contributed by atoms with Crippen LogP contribution >= 0.6 is 34.9 Å². The zero-order chi connectivity index (χ0) is 20.8. The van der Waals surface area contributed by atoms with Gasteiger partial charge in [-0.25, -0.2) is 4.79 Å². The summed E-state index contributed by atoms with van der Waals surface area (Å²) in [4.78, 5) is 23.7. The van der Waals surface area contributed by atoms with E-state index in [0.717, 1.165) is 21.0 Å². The third-order valence-corrected chi connectivity index (χ3v) is 6.60. The molecule has 0 fully saturated rings. The van der Waals surface area contributed by atoms with Crippen molar-refractivity contribution in [3.8, 4) is 0 Å². The van der Waals surface area contributed by atoms with Gasteiger partial charge in [-0.3, -0.25) is 4.79 Å². The van der Waals surface area contributed by atoms with E-state index in [1.165, 1.54) is 18.0 Å². The van der Waals surface area contributed by atoms with E-state index in [9.17, 15) is 9.59 Å². The average Bonchev–Trinajstić information content (AvgIpc) is 3.21. The normalized spacial score (nSPS) is 10.6. The highest BCUT2D eigenvalue weighted by Gasteiger charge is 2.17. The molecule has 2 N–H and O–H groups in total. The molecule has 1 heterocycles. The van der Waals surface area contributed by atoms with Crippen molar-refractivity contribution in [2.24, 2.45) is 0 Å². The molecule has 3 aromatic rings. The van der Waals surface area contributed by atoms with Crippen LogP contribution in [0.1, 0.15) is 21.5 Å². The predicted octanol–water partition coefficient (Wildman–Crippen LogP) is 5.24. The Morgan fingerprint density at radius 3 is 2.69 bits per heavy atom. The lowest BCUT2D eigenvalue weighted by Gasteiger charge is -2.24. The minimum atomic E-state index is -0.992. The number of anilines is 1. The van der Waals surface area contributed by atoms with Crippen LogP contribution in [0.25, 0.3) is 0 Å². The highest BCUT2D eigenvalue weighted by atomic mass is 35.5. The van der Waals surface area contributed by atoms with Crippen molar-refractivity contribution in [2.75, 3.05) is 10.8 Å². The van der Waals surface area contributed by atoms with Crippen molar-refractivity contribution in [1.29, 1.82) is 0 Å². The van der Waals surface area contributed by atoms with Gasteiger partial charge in [0.25, 0.3) is 0 Å². The quantitative estimate of drug-likeness (QED) is 0.463. The highest BCUT2D eigenvalue weighted by molar-refractivity contribution is 8.02. The Hall–Kier alpha value is -2.48. The smallest absolute Gasteiger partial charge is 0.335 e. The topological polar surface area (TPSA) is 69.6 Å². The maximum absolute atomic E-state index is 12.6. The molecule has 0 saturated heterocycles. The Kier molecular flexibility index (Phi) is 7.19. The fraction of sp³-hybridized carbons (Fsp3) is 0.143. The van der Waals surface area contributed by atoms with Gasteiger partial charge in [-0.15, -0.1) is 11.3 Å². The fourth-order valence-corrected chi connectivity index (χ4v) is 4.72. The van der Waals surface area contributed by atoms with Gasteiger partial charge in [-0.05, 0) is 65.7 Å². The van der Waals surface area contributed by atoms with Crippen LogP contribution < -0.4 is 9.62 Å². The minimum absolute atomic E-state index is 0.127. The molecule has 0 radical (unpaired) electrons. The van der Waals surface area contributed by atoms with Crippen LogP contribution in [0.4, 0.5) is 5.69 Å². The van der Waals surface area contributed by atoms with Gasteiger partial charge in [0.15, 0.2) is 0 Å². The van der Waals surface area contributed by atoms with Crippen LogP contribution in [-0.2, 0) is 11.3 Å². The van der Waals surface area contributed by atoms with Crippen molar-refractivity contribution in [3.63, 3.8) is 0 Å². The Labute approximate surface area is 182 Å². The van der Waals surface area contributed by atoms with E-state index in [2.05, 4.69) is 5.32 Å². The molecule has 3 rings (SSSR count). The van der Waals surface area contributed by atoms with Crippen LogP contribution in [0.15, 0.2) is 64.2 Å². The van der Waals surface area contributed by atoms with Crippen LogP contribution in [0.3, 0.4) is 0 Å². The molecule has 29 heavy (non-hydrogen) atoms. The monoisotopic (exact) mass is 446 g/mol. The number of rotatable bonds is 8. The molecule has 0 atom stereocenters. The molecule has 0 aliphatic carbocycles. The zero-order valence-corrected chi connectivity index (χ0v) is 18.0. The standard InChI is InChI=1S/C21H19ClN2O3S2/c1-14-17(22)7-3-8-18(14)24(29-20-9-4-10-28-20)13-19(25)23-12-15-5-2-6-16(11-15)21(26)27/h2-11H,12-13H2,1H3,(H,23,25)(H,26,27). The number of carbonyl (C=O) groups is 2. The summed E-state index contributed by atoms with van der Waals surface area (Å²) in [5.74, 6) is -1.16. The first-order chi connectivity index (χ1) is 13.9. The number of carbonyl (C=O) groups excluding carboxylic acids is 1. The number of hydrogen-bond donors (Lipinski definition) is 2. The van der Waals surface area contributed by atoms with Crippen molar-refractivity contribution in [3.05, 3.63) is 81.7 Å². The summed E-state index contributed by atoms with van der Waals surface area (Å²) in [6.07, 6.45) is 0. The molecular weight excluding hydrogens is 428 g/mol. The third kappa shape index (κ3) is 5.76. The van der Waals surface area contributed by atoms with Gasteiger partial charge in [-0.2, -0.15) is 0 Å². The Morgan fingerprint density at radius 2 is 1.97 bits per heavy atom. The van der Waals surface area contributed by atoms with Crippen molar-refractivity contribution < 1.29 is 14.7 Å². The van der Waals surface area contributed by atoms with Crippen LogP contribution in [-0.4, -0.2) is 23.5 Å². The first-order valence-corrected chi connectivity index (χ1v) is 10.8. The summed E-state index contributed by atoms with van der Waals surface area (Å²) >= 11 is 9.36. The molecule has 2 aromatic carbocycles. The maximum Gasteiger partial charge on any atom is 0.335 e. The Morgan fingerprint density at radius 1 is 1.17 bits per heavy atom. The number of nitrogens with one attached hydrogen (secondary N) is 1. The Balaban J connectivity index is 1.71. The molecule has 0 bridgehead atoms. The van der Waals surface area contributed by atoms with Gasteiger partial charge in [0.1, 0.15) is 6.54 Å². The molecule has 0 spiro atoms. The molecule has 0 aliphatic rings. The Bertz CT molecular complexity index is 1010. The summed E-state index contributed by atoms with van der Waals surface area (Å²) in [6, 6.07) is 16.1. The summed E-state index contributed by atoms with van der Waals surface area (Å²) in [5.41, 5.74) is 2.70. The highest BCUT2D eigenvalue weighted by Crippen LogP contribution is 2.35. The van der Waals surface area contributed by atoms with Gasteiger partial charge in [-0.1, -0.05) is 35.9 Å². The van der Waals surface area contributed by atoms with Gasteiger partial charge in [0.2, 0.25) is 5.91 Å². The SMILES string of the molecule is Cc1c(Cl)cccc1N(CC(=O)NCc1cccc(C(=O)O)c1)Sc1cccs1. The second kappa shape index (κ2) is 9.82. The van der Waals surface area contributed by atoms with E-state index in [-0.39, 0.29) is 24.6 Å². The van der Waals surface area contributed by atoms with E-state index < -0.39 is 5.97 Å². The molecule has 8 heteroatoms. The zero-order valence-electron chi connectivity index (χ0n) is 15.6.